The fraction of sp³-hybridized carbons (Fsp3) is 0.533. The van der Waals surface area contributed by atoms with Gasteiger partial charge >= 0.3 is 0 Å². The van der Waals surface area contributed by atoms with Gasteiger partial charge < -0.3 is 15.4 Å². The van der Waals surface area contributed by atoms with E-state index in [1.54, 1.807) is 19.2 Å². The van der Waals surface area contributed by atoms with Gasteiger partial charge in [0.05, 0.1) is 42.0 Å². The third-order valence-electron chi connectivity index (χ3n) is 3.46. The summed E-state index contributed by atoms with van der Waals surface area (Å²) in [5.41, 5.74) is 1.61. The molecule has 1 aliphatic rings. The molecule has 0 saturated carbocycles. The number of amides is 2. The standard InChI is InChI=1S/C15H22N4O3/c1-11-13(17-10-20)6-12(7-16-11)18-14(21)8-19-4-5-22-15(2,3)9-19/h6-7,10H,4-5,8-9H2,1-3H3,(H,17,20)(H,18,21). The first-order chi connectivity index (χ1) is 10.4. The van der Waals surface area contributed by atoms with Gasteiger partial charge in [-0.2, -0.15) is 0 Å². The lowest BCUT2D eigenvalue weighted by Gasteiger charge is -2.37. The number of hydrogen-bond donors (Lipinski definition) is 2. The number of nitrogens with one attached hydrogen (secondary N) is 2. The molecule has 2 heterocycles. The van der Waals surface area contributed by atoms with Crippen LogP contribution in [0.15, 0.2) is 12.3 Å². The van der Waals surface area contributed by atoms with Crippen molar-refractivity contribution in [1.29, 1.82) is 0 Å². The van der Waals surface area contributed by atoms with Crippen molar-refractivity contribution in [1.82, 2.24) is 9.88 Å². The number of carbonyl (C=O) groups is 2. The highest BCUT2D eigenvalue weighted by molar-refractivity contribution is 5.93. The maximum atomic E-state index is 12.1. The van der Waals surface area contributed by atoms with E-state index in [9.17, 15) is 9.59 Å². The van der Waals surface area contributed by atoms with Gasteiger partial charge in [-0.1, -0.05) is 0 Å². The minimum Gasteiger partial charge on any atom is -0.373 e. The van der Waals surface area contributed by atoms with Gasteiger partial charge in [-0.3, -0.25) is 19.5 Å². The highest BCUT2D eigenvalue weighted by Crippen LogP contribution is 2.18. The number of aryl methyl sites for hydroxylation is 1. The SMILES string of the molecule is Cc1ncc(NC(=O)CN2CCOC(C)(C)C2)cc1NC=O. The minimum absolute atomic E-state index is 0.111. The van der Waals surface area contributed by atoms with Crippen LogP contribution >= 0.6 is 0 Å². The molecule has 0 unspecified atom stereocenters. The van der Waals surface area contributed by atoms with E-state index >= 15 is 0 Å². The van der Waals surface area contributed by atoms with Gasteiger partial charge in [0.15, 0.2) is 0 Å². The van der Waals surface area contributed by atoms with Crippen LogP contribution < -0.4 is 10.6 Å². The second-order valence-corrected chi connectivity index (χ2v) is 5.99. The second-order valence-electron chi connectivity index (χ2n) is 5.99. The molecule has 22 heavy (non-hydrogen) atoms. The lowest BCUT2D eigenvalue weighted by molar-refractivity contribution is -0.122. The zero-order valence-electron chi connectivity index (χ0n) is 13.2. The summed E-state index contributed by atoms with van der Waals surface area (Å²) >= 11 is 0. The van der Waals surface area contributed by atoms with Crippen molar-refractivity contribution in [2.45, 2.75) is 26.4 Å². The van der Waals surface area contributed by atoms with Crippen LogP contribution in [0.2, 0.25) is 0 Å². The molecule has 1 aliphatic heterocycles. The van der Waals surface area contributed by atoms with Crippen molar-refractivity contribution in [3.8, 4) is 0 Å². The number of pyridine rings is 1. The van der Waals surface area contributed by atoms with E-state index in [1.807, 2.05) is 13.8 Å². The summed E-state index contributed by atoms with van der Waals surface area (Å²) in [6.45, 7) is 8.19. The van der Waals surface area contributed by atoms with Crippen LogP contribution in [0.4, 0.5) is 11.4 Å². The predicted octanol–water partition coefficient (Wildman–Crippen LogP) is 1.01. The highest BCUT2D eigenvalue weighted by atomic mass is 16.5. The molecule has 0 aliphatic carbocycles. The smallest absolute Gasteiger partial charge is 0.238 e. The average molecular weight is 306 g/mol. The third kappa shape index (κ3) is 4.51. The molecule has 1 aromatic rings. The van der Waals surface area contributed by atoms with Crippen molar-refractivity contribution >= 4 is 23.7 Å². The van der Waals surface area contributed by atoms with Gasteiger partial charge in [-0.15, -0.1) is 0 Å². The Bertz CT molecular complexity index is 560. The van der Waals surface area contributed by atoms with Gasteiger partial charge in [0.25, 0.3) is 0 Å². The van der Waals surface area contributed by atoms with Crippen LogP contribution in [0, 0.1) is 6.92 Å². The molecule has 1 fully saturated rings. The average Bonchev–Trinajstić information content (AvgIpc) is 2.41. The normalized spacial score (nSPS) is 17.8. The summed E-state index contributed by atoms with van der Waals surface area (Å²) in [4.78, 5) is 28.9. The first kappa shape index (κ1) is 16.4. The third-order valence-corrected chi connectivity index (χ3v) is 3.46. The quantitative estimate of drug-likeness (QED) is 0.793. The molecule has 7 nitrogen and oxygen atoms in total. The molecular formula is C15H22N4O3. The summed E-state index contributed by atoms with van der Waals surface area (Å²) in [7, 11) is 0. The van der Waals surface area contributed by atoms with Crippen LogP contribution in [0.3, 0.4) is 0 Å². The van der Waals surface area contributed by atoms with E-state index < -0.39 is 0 Å². The molecule has 120 valence electrons. The van der Waals surface area contributed by atoms with Crippen LogP contribution in [-0.2, 0) is 14.3 Å². The fourth-order valence-corrected chi connectivity index (χ4v) is 2.46. The Morgan fingerprint density at radius 2 is 2.32 bits per heavy atom. The number of hydrogen-bond acceptors (Lipinski definition) is 5. The van der Waals surface area contributed by atoms with Gasteiger partial charge in [-0.25, -0.2) is 0 Å². The summed E-state index contributed by atoms with van der Waals surface area (Å²) in [5.74, 6) is -0.111. The molecule has 0 bridgehead atoms. The van der Waals surface area contributed by atoms with Crippen LogP contribution in [0.1, 0.15) is 19.5 Å². The fourth-order valence-electron chi connectivity index (χ4n) is 2.46. The van der Waals surface area contributed by atoms with Crippen molar-refractivity contribution in [2.24, 2.45) is 0 Å². The predicted molar refractivity (Wildman–Crippen MR) is 83.8 cm³/mol. The van der Waals surface area contributed by atoms with E-state index in [2.05, 4.69) is 20.5 Å². The number of anilines is 2. The van der Waals surface area contributed by atoms with E-state index in [4.69, 9.17) is 4.74 Å². The molecule has 1 aromatic heterocycles. The van der Waals surface area contributed by atoms with Crippen molar-refractivity contribution in [3.05, 3.63) is 18.0 Å². The topological polar surface area (TPSA) is 83.6 Å². The Kier molecular flexibility index (Phi) is 5.10. The number of carbonyl (C=O) groups excluding carboxylic acids is 2. The van der Waals surface area contributed by atoms with Gasteiger partial charge in [0.2, 0.25) is 12.3 Å². The molecule has 0 spiro atoms. The van der Waals surface area contributed by atoms with Crippen molar-refractivity contribution in [3.63, 3.8) is 0 Å². The Labute approximate surface area is 130 Å². The second kappa shape index (κ2) is 6.85. The molecular weight excluding hydrogens is 284 g/mol. The molecule has 2 rings (SSSR count). The number of morpholine rings is 1. The molecule has 0 aromatic carbocycles. The monoisotopic (exact) mass is 306 g/mol. The van der Waals surface area contributed by atoms with Crippen LogP contribution in [0.5, 0.6) is 0 Å². The molecule has 0 radical (unpaired) electrons. The maximum Gasteiger partial charge on any atom is 0.238 e. The number of nitrogens with zero attached hydrogens (tertiary/aromatic N) is 2. The number of rotatable bonds is 5. The number of aromatic nitrogens is 1. The minimum atomic E-state index is -0.231. The van der Waals surface area contributed by atoms with Crippen molar-refractivity contribution in [2.75, 3.05) is 36.9 Å². The van der Waals surface area contributed by atoms with E-state index in [0.29, 0.717) is 43.2 Å². The van der Waals surface area contributed by atoms with Gasteiger partial charge in [0, 0.05) is 13.1 Å². The van der Waals surface area contributed by atoms with Gasteiger partial charge in [0.1, 0.15) is 0 Å². The van der Waals surface area contributed by atoms with Crippen LogP contribution in [-0.4, -0.2) is 54.0 Å². The molecule has 0 atom stereocenters. The summed E-state index contributed by atoms with van der Waals surface area (Å²) in [6, 6.07) is 1.69. The zero-order valence-corrected chi connectivity index (χ0v) is 13.2. The molecule has 7 heteroatoms. The van der Waals surface area contributed by atoms with E-state index in [-0.39, 0.29) is 11.5 Å². The highest BCUT2D eigenvalue weighted by Gasteiger charge is 2.28. The molecule has 2 amide bonds. The maximum absolute atomic E-state index is 12.1. The van der Waals surface area contributed by atoms with Crippen molar-refractivity contribution < 1.29 is 14.3 Å². The number of ether oxygens (including phenoxy) is 1. The van der Waals surface area contributed by atoms with E-state index in [0.717, 1.165) is 6.54 Å². The van der Waals surface area contributed by atoms with Crippen LogP contribution in [0.25, 0.3) is 0 Å². The Morgan fingerprint density at radius 3 is 3.00 bits per heavy atom. The Hall–Kier alpha value is -1.99. The zero-order chi connectivity index (χ0) is 16.2. The van der Waals surface area contributed by atoms with Gasteiger partial charge in [-0.05, 0) is 26.8 Å². The summed E-state index contributed by atoms with van der Waals surface area (Å²) in [5, 5.41) is 5.36. The lowest BCUT2D eigenvalue weighted by Crippen LogP contribution is -2.50. The molecule has 1 saturated heterocycles. The largest absolute Gasteiger partial charge is 0.373 e. The lowest BCUT2D eigenvalue weighted by atomic mass is 10.1. The Balaban J connectivity index is 1.94. The Morgan fingerprint density at radius 1 is 1.55 bits per heavy atom. The van der Waals surface area contributed by atoms with E-state index in [1.165, 1.54) is 0 Å². The first-order valence-corrected chi connectivity index (χ1v) is 7.22. The first-order valence-electron chi connectivity index (χ1n) is 7.22. The summed E-state index contributed by atoms with van der Waals surface area (Å²) < 4.78 is 5.63. The summed E-state index contributed by atoms with van der Waals surface area (Å²) in [6.07, 6.45) is 2.16. The molecule has 2 N–H and O–H groups in total.